The molecule has 1 rings (SSSR count). The second kappa shape index (κ2) is 7.78. The molecule has 0 bridgehead atoms. The molecule has 0 aliphatic rings. The minimum absolute atomic E-state index is 0.141. The fourth-order valence-corrected chi connectivity index (χ4v) is 2.07. The molecule has 0 saturated carbocycles. The summed E-state index contributed by atoms with van der Waals surface area (Å²) in [5.74, 6) is -0.604. The molecule has 19 heavy (non-hydrogen) atoms. The Morgan fingerprint density at radius 3 is 2.74 bits per heavy atom. The molecule has 1 aromatic carbocycles. The number of benzene rings is 1. The first-order chi connectivity index (χ1) is 9.04. The Labute approximate surface area is 115 Å². The number of nitrogens with two attached hydrogens (primary N) is 2. The molecule has 1 unspecified atom stereocenters. The molecule has 1 atom stereocenters. The van der Waals surface area contributed by atoms with Crippen molar-refractivity contribution in [2.75, 3.05) is 24.8 Å². The Bertz CT molecular complexity index is 454. The lowest BCUT2D eigenvalue weighted by Crippen LogP contribution is -2.39. The quantitative estimate of drug-likeness (QED) is 0.619. The monoisotopic (exact) mass is 283 g/mol. The maximum Gasteiger partial charge on any atom is 0.243 e. The van der Waals surface area contributed by atoms with Gasteiger partial charge in [0.25, 0.3) is 0 Å². The maximum absolute atomic E-state index is 11.8. The number of rotatable bonds is 7. The number of primary amides is 1. The Balaban J connectivity index is 2.71. The Morgan fingerprint density at radius 2 is 2.11 bits per heavy atom. The predicted molar refractivity (Wildman–Crippen MR) is 74.8 cm³/mol. The summed E-state index contributed by atoms with van der Waals surface area (Å²) >= 11 is 1.26. The van der Waals surface area contributed by atoms with Gasteiger partial charge in [-0.3, -0.25) is 9.59 Å². The van der Waals surface area contributed by atoms with Gasteiger partial charge in [0, 0.05) is 12.0 Å². The molecule has 6 nitrogen and oxygen atoms in total. The molecule has 1 aromatic rings. The predicted octanol–water partition coefficient (Wildman–Crippen LogP) is 0.176. The minimum Gasteiger partial charge on any atom is -0.383 e. The van der Waals surface area contributed by atoms with Crippen LogP contribution in [0.2, 0.25) is 0 Å². The zero-order valence-electron chi connectivity index (χ0n) is 10.6. The molecule has 7 heteroatoms. The fourth-order valence-electron chi connectivity index (χ4n) is 1.33. The summed E-state index contributed by atoms with van der Waals surface area (Å²) in [6, 6.07) is 6.39. The highest BCUT2D eigenvalue weighted by molar-refractivity contribution is 8.00. The number of amides is 2. The molecule has 0 aliphatic heterocycles. The van der Waals surface area contributed by atoms with Gasteiger partial charge in [-0.2, -0.15) is 0 Å². The van der Waals surface area contributed by atoms with Crippen LogP contribution in [0.4, 0.5) is 5.69 Å². The number of ether oxygens (including phenoxy) is 1. The molecule has 0 saturated heterocycles. The van der Waals surface area contributed by atoms with Gasteiger partial charge in [0.1, 0.15) is 6.04 Å². The molecule has 0 aliphatic carbocycles. The van der Waals surface area contributed by atoms with Crippen LogP contribution in [0.15, 0.2) is 29.2 Å². The standard InChI is InChI=1S/C12H17N3O3S/c1-18-6-8(13)12(17)15-9-4-2-3-5-10(9)19-7-11(14)16/h2-5,8H,6-7,13H2,1H3,(H2,14,16)(H,15,17). The zero-order chi connectivity index (χ0) is 14.3. The SMILES string of the molecule is COCC(N)C(=O)Nc1ccccc1SCC(N)=O. The van der Waals surface area contributed by atoms with E-state index in [0.717, 1.165) is 4.90 Å². The van der Waals surface area contributed by atoms with Crippen molar-refractivity contribution in [2.24, 2.45) is 11.5 Å². The number of nitrogens with one attached hydrogen (secondary N) is 1. The number of para-hydroxylation sites is 1. The van der Waals surface area contributed by atoms with Crippen molar-refractivity contribution in [3.8, 4) is 0 Å². The second-order valence-electron chi connectivity index (χ2n) is 3.80. The number of methoxy groups -OCH3 is 1. The number of carbonyl (C=O) groups is 2. The Kier molecular flexibility index (Phi) is 6.34. The molecule has 0 radical (unpaired) electrons. The summed E-state index contributed by atoms with van der Waals surface area (Å²) in [7, 11) is 1.48. The van der Waals surface area contributed by atoms with E-state index in [2.05, 4.69) is 5.32 Å². The Hall–Kier alpha value is -1.57. The molecule has 104 valence electrons. The molecule has 0 fully saturated rings. The van der Waals surface area contributed by atoms with Crippen molar-refractivity contribution in [1.82, 2.24) is 0 Å². The number of hydrogen-bond acceptors (Lipinski definition) is 5. The van der Waals surface area contributed by atoms with E-state index in [4.69, 9.17) is 16.2 Å². The van der Waals surface area contributed by atoms with Crippen LogP contribution in [-0.2, 0) is 14.3 Å². The van der Waals surface area contributed by atoms with Gasteiger partial charge in [0.2, 0.25) is 11.8 Å². The first-order valence-electron chi connectivity index (χ1n) is 5.60. The molecular formula is C12H17N3O3S. The summed E-state index contributed by atoms with van der Waals surface area (Å²) in [5, 5.41) is 2.70. The van der Waals surface area contributed by atoms with Crippen molar-refractivity contribution in [3.05, 3.63) is 24.3 Å². The van der Waals surface area contributed by atoms with Crippen molar-refractivity contribution < 1.29 is 14.3 Å². The van der Waals surface area contributed by atoms with E-state index >= 15 is 0 Å². The summed E-state index contributed by atoms with van der Waals surface area (Å²) in [6.07, 6.45) is 0. The van der Waals surface area contributed by atoms with Gasteiger partial charge in [-0.05, 0) is 12.1 Å². The molecule has 0 heterocycles. The average Bonchev–Trinajstić information content (AvgIpc) is 2.37. The summed E-state index contributed by atoms with van der Waals surface area (Å²) in [5.41, 5.74) is 11.3. The number of anilines is 1. The Morgan fingerprint density at radius 1 is 1.42 bits per heavy atom. The normalized spacial score (nSPS) is 11.9. The molecule has 0 aromatic heterocycles. The van der Waals surface area contributed by atoms with Gasteiger partial charge in [-0.15, -0.1) is 11.8 Å². The lowest BCUT2D eigenvalue weighted by atomic mass is 10.2. The van der Waals surface area contributed by atoms with Gasteiger partial charge in [0.15, 0.2) is 0 Å². The highest BCUT2D eigenvalue weighted by Crippen LogP contribution is 2.26. The summed E-state index contributed by atoms with van der Waals surface area (Å²) < 4.78 is 4.82. The first-order valence-corrected chi connectivity index (χ1v) is 6.58. The highest BCUT2D eigenvalue weighted by Gasteiger charge is 2.14. The van der Waals surface area contributed by atoms with Crippen LogP contribution in [0, 0.1) is 0 Å². The maximum atomic E-state index is 11.8. The average molecular weight is 283 g/mol. The van der Waals surface area contributed by atoms with Gasteiger partial charge in [0.05, 0.1) is 18.0 Å². The molecule has 2 amide bonds. The van der Waals surface area contributed by atoms with Crippen molar-refractivity contribution in [3.63, 3.8) is 0 Å². The topological polar surface area (TPSA) is 107 Å². The molecule has 5 N–H and O–H groups in total. The zero-order valence-corrected chi connectivity index (χ0v) is 11.4. The van der Waals surface area contributed by atoms with E-state index in [1.165, 1.54) is 18.9 Å². The van der Waals surface area contributed by atoms with Crippen LogP contribution in [0.25, 0.3) is 0 Å². The van der Waals surface area contributed by atoms with Crippen molar-refractivity contribution >= 4 is 29.3 Å². The third kappa shape index (κ3) is 5.29. The number of carbonyl (C=O) groups excluding carboxylic acids is 2. The third-order valence-corrected chi connectivity index (χ3v) is 3.29. The van der Waals surface area contributed by atoms with Crippen molar-refractivity contribution in [1.29, 1.82) is 0 Å². The lowest BCUT2D eigenvalue weighted by Gasteiger charge is -2.13. The highest BCUT2D eigenvalue weighted by atomic mass is 32.2. The van der Waals surface area contributed by atoms with Crippen LogP contribution in [0.3, 0.4) is 0 Å². The summed E-state index contributed by atoms with van der Waals surface area (Å²) in [6.45, 7) is 0.141. The molecule has 0 spiro atoms. The van der Waals surface area contributed by atoms with Crippen LogP contribution >= 0.6 is 11.8 Å². The van der Waals surface area contributed by atoms with E-state index < -0.39 is 11.9 Å². The van der Waals surface area contributed by atoms with Gasteiger partial charge in [-0.1, -0.05) is 12.1 Å². The number of thioether (sulfide) groups is 1. The van der Waals surface area contributed by atoms with E-state index in [1.54, 1.807) is 18.2 Å². The number of hydrogen-bond donors (Lipinski definition) is 3. The minimum atomic E-state index is -0.737. The van der Waals surface area contributed by atoms with Crippen LogP contribution in [0.1, 0.15) is 0 Å². The van der Waals surface area contributed by atoms with Crippen LogP contribution in [0.5, 0.6) is 0 Å². The van der Waals surface area contributed by atoms with E-state index in [1.807, 2.05) is 6.07 Å². The second-order valence-corrected chi connectivity index (χ2v) is 4.82. The van der Waals surface area contributed by atoms with E-state index in [0.29, 0.717) is 5.69 Å². The summed E-state index contributed by atoms with van der Waals surface area (Å²) in [4.78, 5) is 23.3. The third-order valence-electron chi connectivity index (χ3n) is 2.20. The fraction of sp³-hybridized carbons (Fsp3) is 0.333. The van der Waals surface area contributed by atoms with E-state index in [-0.39, 0.29) is 18.3 Å². The van der Waals surface area contributed by atoms with Gasteiger partial charge in [-0.25, -0.2) is 0 Å². The molecular weight excluding hydrogens is 266 g/mol. The largest absolute Gasteiger partial charge is 0.383 e. The smallest absolute Gasteiger partial charge is 0.243 e. The first kappa shape index (κ1) is 15.5. The van der Waals surface area contributed by atoms with E-state index in [9.17, 15) is 9.59 Å². The van der Waals surface area contributed by atoms with Gasteiger partial charge >= 0.3 is 0 Å². The lowest BCUT2D eigenvalue weighted by molar-refractivity contribution is -0.118. The van der Waals surface area contributed by atoms with Crippen LogP contribution in [-0.4, -0.2) is 37.3 Å². The van der Waals surface area contributed by atoms with Crippen molar-refractivity contribution in [2.45, 2.75) is 10.9 Å². The van der Waals surface area contributed by atoms with Crippen LogP contribution < -0.4 is 16.8 Å². The van der Waals surface area contributed by atoms with Gasteiger partial charge < -0.3 is 21.5 Å².